The lowest BCUT2D eigenvalue weighted by molar-refractivity contribution is -0.117. The predicted octanol–water partition coefficient (Wildman–Crippen LogP) is 0.521. The highest BCUT2D eigenvalue weighted by Crippen LogP contribution is 2.15. The summed E-state index contributed by atoms with van der Waals surface area (Å²) in [4.78, 5) is 13.9. The molecule has 1 amide bonds. The van der Waals surface area contributed by atoms with E-state index in [9.17, 15) is 4.79 Å². The van der Waals surface area contributed by atoms with Gasteiger partial charge in [0.2, 0.25) is 5.91 Å². The Morgan fingerprint density at radius 3 is 2.78 bits per heavy atom. The van der Waals surface area contributed by atoms with Crippen molar-refractivity contribution in [2.24, 2.45) is 5.92 Å². The Balaban J connectivity index is 1.80. The second-order valence-corrected chi connectivity index (χ2v) is 4.74. The minimum absolute atomic E-state index is 0.0293. The van der Waals surface area contributed by atoms with E-state index in [1.807, 2.05) is 0 Å². The maximum atomic E-state index is 11.8. The first-order chi connectivity index (χ1) is 8.67. The van der Waals surface area contributed by atoms with Crippen LogP contribution in [0, 0.1) is 5.92 Å². The van der Waals surface area contributed by atoms with E-state index in [4.69, 9.17) is 10.8 Å². The third kappa shape index (κ3) is 3.45. The number of nitrogen functional groups attached to an aromatic ring is 1. The number of likely N-dealkylation sites (tertiary alicyclic amines) is 1. The van der Waals surface area contributed by atoms with E-state index in [1.54, 1.807) is 24.3 Å². The largest absolute Gasteiger partial charge is 0.399 e. The van der Waals surface area contributed by atoms with Crippen molar-refractivity contribution < 1.29 is 9.90 Å². The molecular weight excluding hydrogens is 230 g/mol. The molecule has 1 saturated heterocycles. The number of carbonyl (C=O) groups excluding carboxylic acids is 1. The number of hydrogen-bond acceptors (Lipinski definition) is 4. The van der Waals surface area contributed by atoms with Gasteiger partial charge in [0.25, 0.3) is 0 Å². The Labute approximate surface area is 107 Å². The lowest BCUT2D eigenvalue weighted by atomic mass is 10.1. The number of nitrogens with one attached hydrogen (secondary N) is 1. The highest BCUT2D eigenvalue weighted by Gasteiger charge is 2.23. The fourth-order valence-corrected chi connectivity index (χ4v) is 2.18. The zero-order valence-electron chi connectivity index (χ0n) is 10.3. The Morgan fingerprint density at radius 1 is 1.44 bits per heavy atom. The van der Waals surface area contributed by atoms with Crippen LogP contribution in [0.3, 0.4) is 0 Å². The van der Waals surface area contributed by atoms with Crippen molar-refractivity contribution in [3.05, 3.63) is 24.3 Å². The molecule has 1 aromatic rings. The van der Waals surface area contributed by atoms with Crippen LogP contribution >= 0.6 is 0 Å². The van der Waals surface area contributed by atoms with Crippen LogP contribution in [-0.4, -0.2) is 42.2 Å². The van der Waals surface area contributed by atoms with Crippen LogP contribution in [0.25, 0.3) is 0 Å². The van der Waals surface area contributed by atoms with Crippen molar-refractivity contribution in [3.63, 3.8) is 0 Å². The van der Waals surface area contributed by atoms with Crippen molar-refractivity contribution in [1.29, 1.82) is 0 Å². The van der Waals surface area contributed by atoms with Gasteiger partial charge < -0.3 is 16.2 Å². The second kappa shape index (κ2) is 5.84. The predicted molar refractivity (Wildman–Crippen MR) is 71.1 cm³/mol. The molecule has 1 heterocycles. The number of aliphatic hydroxyl groups is 1. The number of nitrogens with two attached hydrogens (primary N) is 1. The number of carbonyl (C=O) groups is 1. The molecule has 0 aliphatic carbocycles. The summed E-state index contributed by atoms with van der Waals surface area (Å²) in [5.74, 6) is 0.285. The molecule has 0 saturated carbocycles. The van der Waals surface area contributed by atoms with E-state index in [2.05, 4.69) is 10.2 Å². The van der Waals surface area contributed by atoms with Gasteiger partial charge in [-0.15, -0.1) is 0 Å². The number of benzene rings is 1. The third-order valence-corrected chi connectivity index (χ3v) is 3.19. The van der Waals surface area contributed by atoms with E-state index < -0.39 is 0 Å². The number of anilines is 2. The van der Waals surface area contributed by atoms with Crippen LogP contribution in [0.5, 0.6) is 0 Å². The molecule has 1 unspecified atom stereocenters. The summed E-state index contributed by atoms with van der Waals surface area (Å²) in [6.45, 7) is 2.25. The van der Waals surface area contributed by atoms with Gasteiger partial charge in [-0.05, 0) is 43.1 Å². The van der Waals surface area contributed by atoms with Gasteiger partial charge in [0.15, 0.2) is 0 Å². The molecule has 1 aliphatic heterocycles. The van der Waals surface area contributed by atoms with Crippen LogP contribution in [0.4, 0.5) is 11.4 Å². The summed E-state index contributed by atoms with van der Waals surface area (Å²) in [6.07, 6.45) is 0.964. The standard InChI is InChI=1S/C13H19N3O2/c14-11-1-3-12(4-2-11)15-13(18)8-16-6-5-10(7-16)9-17/h1-4,10,17H,5-9,14H2,(H,15,18). The number of rotatable bonds is 4. The minimum Gasteiger partial charge on any atom is -0.399 e. The molecular formula is C13H19N3O2. The molecule has 1 fully saturated rings. The van der Waals surface area contributed by atoms with Gasteiger partial charge in [-0.25, -0.2) is 0 Å². The maximum absolute atomic E-state index is 11.8. The van der Waals surface area contributed by atoms with Gasteiger partial charge in [0.05, 0.1) is 6.54 Å². The first-order valence-corrected chi connectivity index (χ1v) is 6.16. The monoisotopic (exact) mass is 249 g/mol. The average molecular weight is 249 g/mol. The van der Waals surface area contributed by atoms with Crippen LogP contribution in [0.2, 0.25) is 0 Å². The highest BCUT2D eigenvalue weighted by atomic mass is 16.3. The third-order valence-electron chi connectivity index (χ3n) is 3.19. The van der Waals surface area contributed by atoms with Crippen molar-refractivity contribution in [2.75, 3.05) is 37.3 Å². The topological polar surface area (TPSA) is 78.6 Å². The van der Waals surface area contributed by atoms with Crippen molar-refractivity contribution >= 4 is 17.3 Å². The van der Waals surface area contributed by atoms with E-state index in [0.29, 0.717) is 18.2 Å². The molecule has 4 N–H and O–H groups in total. The van der Waals surface area contributed by atoms with Crippen LogP contribution in [0.1, 0.15) is 6.42 Å². The van der Waals surface area contributed by atoms with E-state index in [-0.39, 0.29) is 12.5 Å². The fourth-order valence-electron chi connectivity index (χ4n) is 2.18. The van der Waals surface area contributed by atoms with Crippen molar-refractivity contribution in [3.8, 4) is 0 Å². The minimum atomic E-state index is -0.0293. The van der Waals surface area contributed by atoms with Gasteiger partial charge in [-0.2, -0.15) is 0 Å². The number of aliphatic hydroxyl groups excluding tert-OH is 1. The van der Waals surface area contributed by atoms with Crippen molar-refractivity contribution in [2.45, 2.75) is 6.42 Å². The van der Waals surface area contributed by atoms with E-state index in [0.717, 1.165) is 25.2 Å². The highest BCUT2D eigenvalue weighted by molar-refractivity contribution is 5.92. The number of hydrogen-bond donors (Lipinski definition) is 3. The SMILES string of the molecule is Nc1ccc(NC(=O)CN2CCC(CO)C2)cc1. The van der Waals surface area contributed by atoms with E-state index in [1.165, 1.54) is 0 Å². The molecule has 5 nitrogen and oxygen atoms in total. The summed E-state index contributed by atoms with van der Waals surface area (Å²) in [6, 6.07) is 7.09. The van der Waals surface area contributed by atoms with Crippen LogP contribution in [0.15, 0.2) is 24.3 Å². The van der Waals surface area contributed by atoms with Gasteiger partial charge in [-0.1, -0.05) is 0 Å². The maximum Gasteiger partial charge on any atom is 0.238 e. The lowest BCUT2D eigenvalue weighted by Crippen LogP contribution is -2.31. The molecule has 0 bridgehead atoms. The van der Waals surface area contributed by atoms with Gasteiger partial charge in [-0.3, -0.25) is 9.69 Å². The fraction of sp³-hybridized carbons (Fsp3) is 0.462. The zero-order valence-corrected chi connectivity index (χ0v) is 10.3. The van der Waals surface area contributed by atoms with Crippen LogP contribution in [-0.2, 0) is 4.79 Å². The summed E-state index contributed by atoms with van der Waals surface area (Å²) >= 11 is 0. The Kier molecular flexibility index (Phi) is 4.17. The molecule has 0 spiro atoms. The normalized spacial score (nSPS) is 19.9. The summed E-state index contributed by atoms with van der Waals surface area (Å²) in [5.41, 5.74) is 7.01. The van der Waals surface area contributed by atoms with Gasteiger partial charge >= 0.3 is 0 Å². The number of amides is 1. The molecule has 18 heavy (non-hydrogen) atoms. The summed E-state index contributed by atoms with van der Waals surface area (Å²) in [5, 5.41) is 11.9. The molecule has 0 radical (unpaired) electrons. The second-order valence-electron chi connectivity index (χ2n) is 4.74. The average Bonchev–Trinajstić information content (AvgIpc) is 2.79. The lowest BCUT2D eigenvalue weighted by Gasteiger charge is -2.15. The summed E-state index contributed by atoms with van der Waals surface area (Å²) in [7, 11) is 0. The summed E-state index contributed by atoms with van der Waals surface area (Å²) < 4.78 is 0. The van der Waals surface area contributed by atoms with Gasteiger partial charge in [0, 0.05) is 24.5 Å². The Hall–Kier alpha value is -1.59. The van der Waals surface area contributed by atoms with E-state index >= 15 is 0 Å². The van der Waals surface area contributed by atoms with Crippen molar-refractivity contribution in [1.82, 2.24) is 4.90 Å². The molecule has 0 aromatic heterocycles. The Morgan fingerprint density at radius 2 is 2.17 bits per heavy atom. The molecule has 1 aromatic carbocycles. The molecule has 1 aliphatic rings. The molecule has 5 heteroatoms. The molecule has 1 atom stereocenters. The molecule has 2 rings (SSSR count). The quantitative estimate of drug-likeness (QED) is 0.680. The smallest absolute Gasteiger partial charge is 0.238 e. The molecule has 98 valence electrons. The van der Waals surface area contributed by atoms with Gasteiger partial charge in [0.1, 0.15) is 0 Å². The number of nitrogens with zero attached hydrogens (tertiary/aromatic N) is 1. The first kappa shape index (κ1) is 12.9. The Bertz CT molecular complexity index is 405. The zero-order chi connectivity index (χ0) is 13.0. The van der Waals surface area contributed by atoms with Crippen LogP contribution < -0.4 is 11.1 Å². The first-order valence-electron chi connectivity index (χ1n) is 6.16.